The molecule has 2 heterocycles. The maximum absolute atomic E-state index is 5.54. The van der Waals surface area contributed by atoms with Crippen LogP contribution in [0.5, 0.6) is 0 Å². The van der Waals surface area contributed by atoms with Crippen LogP contribution in [0.4, 0.5) is 5.82 Å². The number of anilines is 1. The van der Waals surface area contributed by atoms with E-state index in [1.165, 1.54) is 0 Å². The van der Waals surface area contributed by atoms with Crippen molar-refractivity contribution in [1.82, 2.24) is 5.16 Å². The van der Waals surface area contributed by atoms with Crippen molar-refractivity contribution in [1.29, 1.82) is 0 Å². The molecule has 6 heteroatoms. The summed E-state index contributed by atoms with van der Waals surface area (Å²) in [5.41, 5.74) is 6.35. The van der Waals surface area contributed by atoms with Gasteiger partial charge in [0, 0.05) is 0 Å². The van der Waals surface area contributed by atoms with E-state index in [4.69, 9.17) is 14.7 Å². The van der Waals surface area contributed by atoms with Crippen molar-refractivity contribution in [3.8, 4) is 11.3 Å². The second kappa shape index (κ2) is 3.33. The van der Waals surface area contributed by atoms with Gasteiger partial charge in [-0.1, -0.05) is 5.16 Å². The molecule has 0 radical (unpaired) electrons. The zero-order chi connectivity index (χ0) is 9.42. The van der Waals surface area contributed by atoms with Gasteiger partial charge in [0.2, 0.25) is 0 Å². The molecule has 2 aromatic rings. The van der Waals surface area contributed by atoms with E-state index in [0.717, 1.165) is 9.13 Å². The maximum Gasteiger partial charge on any atom is 0.186 e. The lowest BCUT2D eigenvalue weighted by Crippen LogP contribution is -1.85. The Kier molecular flexibility index (Phi) is 2.33. The molecule has 0 aliphatic rings. The van der Waals surface area contributed by atoms with Crippen molar-refractivity contribution in [3.63, 3.8) is 0 Å². The summed E-state index contributed by atoms with van der Waals surface area (Å²) in [5, 5.41) is 3.65. The Morgan fingerprint density at radius 1 is 1.54 bits per heavy atom. The van der Waals surface area contributed by atoms with Gasteiger partial charge in [0.1, 0.15) is 3.57 Å². The molecule has 0 unspecified atom stereocenters. The fourth-order valence-electron chi connectivity index (χ4n) is 0.914. The molecule has 0 saturated carbocycles. The van der Waals surface area contributed by atoms with Crippen molar-refractivity contribution in [2.45, 2.75) is 0 Å². The Morgan fingerprint density at radius 3 is 2.77 bits per heavy atom. The Morgan fingerprint density at radius 2 is 2.31 bits per heavy atom. The molecule has 0 aromatic carbocycles. The third kappa shape index (κ3) is 1.48. The van der Waals surface area contributed by atoms with Gasteiger partial charge in [-0.25, -0.2) is 0 Å². The lowest BCUT2D eigenvalue weighted by atomic mass is 10.3. The Labute approximate surface area is 95.7 Å². The number of furan rings is 1. The highest BCUT2D eigenvalue weighted by Crippen LogP contribution is 2.34. The number of aromatic nitrogens is 1. The van der Waals surface area contributed by atoms with E-state index < -0.39 is 0 Å². The fourth-order valence-corrected chi connectivity index (χ4v) is 1.82. The maximum atomic E-state index is 5.54. The third-order valence-electron chi connectivity index (χ3n) is 1.52. The van der Waals surface area contributed by atoms with Crippen LogP contribution in [-0.4, -0.2) is 5.16 Å². The van der Waals surface area contributed by atoms with Crippen LogP contribution in [0.1, 0.15) is 0 Å². The van der Waals surface area contributed by atoms with E-state index >= 15 is 0 Å². The van der Waals surface area contributed by atoms with Crippen LogP contribution in [0.25, 0.3) is 11.3 Å². The largest absolute Gasteiger partial charge is 0.457 e. The lowest BCUT2D eigenvalue weighted by Gasteiger charge is -1.90. The number of halogens is 2. The quantitative estimate of drug-likeness (QED) is 0.800. The minimum Gasteiger partial charge on any atom is -0.457 e. The first kappa shape index (κ1) is 9.07. The number of rotatable bonds is 1. The van der Waals surface area contributed by atoms with Gasteiger partial charge in [0.05, 0.1) is 11.8 Å². The molecule has 0 aliphatic heterocycles. The molecule has 68 valence electrons. The van der Waals surface area contributed by atoms with E-state index in [1.54, 1.807) is 12.3 Å². The second-order valence-corrected chi connectivity index (χ2v) is 4.12. The van der Waals surface area contributed by atoms with Crippen LogP contribution in [0, 0.1) is 3.57 Å². The standard InChI is InChI=1S/C7H4BrIN2O2/c8-6-3(1-2-12-6)5-4(9)7(10)11-13-5/h1-2H,(H2,10,11). The molecule has 2 N–H and O–H groups in total. The molecule has 2 rings (SSSR count). The molecule has 0 bridgehead atoms. The van der Waals surface area contributed by atoms with E-state index in [-0.39, 0.29) is 0 Å². The molecule has 0 amide bonds. The van der Waals surface area contributed by atoms with Crippen LogP contribution in [0.15, 0.2) is 25.9 Å². The number of hydrogen-bond donors (Lipinski definition) is 1. The van der Waals surface area contributed by atoms with E-state index in [1.807, 2.05) is 0 Å². The summed E-state index contributed by atoms with van der Waals surface area (Å²) >= 11 is 5.32. The molecule has 0 atom stereocenters. The first-order valence-corrected chi connectivity index (χ1v) is 5.21. The minimum absolute atomic E-state index is 0.392. The van der Waals surface area contributed by atoms with Gasteiger partial charge in [0.25, 0.3) is 0 Å². The van der Waals surface area contributed by atoms with Crippen molar-refractivity contribution >= 4 is 44.3 Å². The van der Waals surface area contributed by atoms with Crippen molar-refractivity contribution < 1.29 is 8.94 Å². The first-order chi connectivity index (χ1) is 6.20. The van der Waals surface area contributed by atoms with Crippen LogP contribution >= 0.6 is 38.5 Å². The van der Waals surface area contributed by atoms with E-state index in [0.29, 0.717) is 16.2 Å². The van der Waals surface area contributed by atoms with E-state index in [2.05, 4.69) is 43.7 Å². The average molecular weight is 355 g/mol. The third-order valence-corrected chi connectivity index (χ3v) is 3.18. The summed E-state index contributed by atoms with van der Waals surface area (Å²) in [6, 6.07) is 1.78. The van der Waals surface area contributed by atoms with Crippen molar-refractivity contribution in [2.75, 3.05) is 5.73 Å². The zero-order valence-corrected chi connectivity index (χ0v) is 10.00. The normalized spacial score (nSPS) is 10.6. The highest BCUT2D eigenvalue weighted by Gasteiger charge is 2.17. The molecule has 13 heavy (non-hydrogen) atoms. The summed E-state index contributed by atoms with van der Waals surface area (Å²) in [6.07, 6.45) is 1.56. The van der Waals surface area contributed by atoms with Crippen LogP contribution < -0.4 is 5.73 Å². The Hall–Kier alpha value is -0.500. The molecule has 4 nitrogen and oxygen atoms in total. The summed E-state index contributed by atoms with van der Waals surface area (Å²) in [7, 11) is 0. The first-order valence-electron chi connectivity index (χ1n) is 3.34. The summed E-state index contributed by atoms with van der Waals surface area (Å²) in [6.45, 7) is 0. The summed E-state index contributed by atoms with van der Waals surface area (Å²) in [4.78, 5) is 0. The van der Waals surface area contributed by atoms with Crippen LogP contribution in [0.2, 0.25) is 0 Å². The van der Waals surface area contributed by atoms with E-state index in [9.17, 15) is 0 Å². The number of hydrogen-bond acceptors (Lipinski definition) is 4. The number of nitrogens with zero attached hydrogens (tertiary/aromatic N) is 1. The predicted octanol–water partition coefficient (Wildman–Crippen LogP) is 2.88. The van der Waals surface area contributed by atoms with Gasteiger partial charge in [-0.3, -0.25) is 0 Å². The molecular formula is C7H4BrIN2O2. The van der Waals surface area contributed by atoms with Crippen LogP contribution in [0.3, 0.4) is 0 Å². The molecule has 0 fully saturated rings. The number of nitrogens with two attached hydrogens (primary N) is 1. The highest BCUT2D eigenvalue weighted by atomic mass is 127. The molecule has 0 saturated heterocycles. The highest BCUT2D eigenvalue weighted by molar-refractivity contribution is 14.1. The van der Waals surface area contributed by atoms with Crippen LogP contribution in [-0.2, 0) is 0 Å². The van der Waals surface area contributed by atoms with Gasteiger partial charge >= 0.3 is 0 Å². The second-order valence-electron chi connectivity index (χ2n) is 2.32. The molecule has 2 aromatic heterocycles. The van der Waals surface area contributed by atoms with Crippen molar-refractivity contribution in [2.24, 2.45) is 0 Å². The smallest absolute Gasteiger partial charge is 0.186 e. The molecule has 0 spiro atoms. The molecular weight excluding hydrogens is 351 g/mol. The van der Waals surface area contributed by atoms with Gasteiger partial charge in [-0.15, -0.1) is 0 Å². The SMILES string of the molecule is Nc1noc(-c2ccoc2Br)c1I. The number of nitrogen functional groups attached to an aromatic ring is 1. The average Bonchev–Trinajstić information content (AvgIpc) is 2.62. The lowest BCUT2D eigenvalue weighted by molar-refractivity contribution is 0.434. The Balaban J connectivity index is 2.59. The Bertz CT molecular complexity index is 437. The summed E-state index contributed by atoms with van der Waals surface area (Å²) in [5.74, 6) is 1.02. The van der Waals surface area contributed by atoms with Gasteiger partial charge in [-0.05, 0) is 44.6 Å². The van der Waals surface area contributed by atoms with Gasteiger partial charge < -0.3 is 14.7 Å². The summed E-state index contributed by atoms with van der Waals surface area (Å²) < 4.78 is 11.5. The molecule has 0 aliphatic carbocycles. The fraction of sp³-hybridized carbons (Fsp3) is 0. The predicted molar refractivity (Wildman–Crippen MR) is 59.0 cm³/mol. The van der Waals surface area contributed by atoms with Gasteiger partial charge in [-0.2, -0.15) is 0 Å². The zero-order valence-electron chi connectivity index (χ0n) is 6.25. The van der Waals surface area contributed by atoms with Gasteiger partial charge in [0.15, 0.2) is 16.2 Å². The minimum atomic E-state index is 0.392. The monoisotopic (exact) mass is 354 g/mol. The van der Waals surface area contributed by atoms with Crippen molar-refractivity contribution in [3.05, 3.63) is 20.6 Å². The topological polar surface area (TPSA) is 65.2 Å².